The Morgan fingerprint density at radius 2 is 2.06 bits per heavy atom. The number of urea groups is 1. The number of nitrogens with one attached hydrogen (secondary N) is 2. The molecule has 1 atom stereocenters. The molecule has 0 radical (unpaired) electrons. The van der Waals surface area contributed by atoms with E-state index in [4.69, 9.17) is 9.47 Å². The monoisotopic (exact) mass is 250 g/mol. The topological polar surface area (TPSA) is 59.6 Å². The van der Waals surface area contributed by atoms with Crippen molar-refractivity contribution in [1.29, 1.82) is 0 Å². The van der Waals surface area contributed by atoms with Gasteiger partial charge in [-0.1, -0.05) is 6.92 Å². The number of hydrogen-bond donors (Lipinski definition) is 2. The lowest BCUT2D eigenvalue weighted by Gasteiger charge is -2.19. The normalized spacial score (nSPS) is 14.8. The van der Waals surface area contributed by atoms with Crippen molar-refractivity contribution in [2.75, 3.05) is 18.5 Å². The number of benzene rings is 1. The fourth-order valence-corrected chi connectivity index (χ4v) is 1.61. The van der Waals surface area contributed by atoms with Crippen LogP contribution in [0.5, 0.6) is 11.5 Å². The zero-order chi connectivity index (χ0) is 13.0. The lowest BCUT2D eigenvalue weighted by Crippen LogP contribution is -2.35. The van der Waals surface area contributed by atoms with E-state index in [2.05, 4.69) is 10.6 Å². The summed E-state index contributed by atoms with van der Waals surface area (Å²) >= 11 is 0. The number of hydrogen-bond acceptors (Lipinski definition) is 3. The number of carbonyl (C=O) groups excluding carboxylic acids is 1. The van der Waals surface area contributed by atoms with Crippen molar-refractivity contribution >= 4 is 11.7 Å². The second kappa shape index (κ2) is 5.62. The molecule has 18 heavy (non-hydrogen) atoms. The van der Waals surface area contributed by atoms with Gasteiger partial charge in [-0.3, -0.25) is 0 Å². The SMILES string of the molecule is CCC(C)NC(=O)Nc1ccc2c(c1)OCCO2. The van der Waals surface area contributed by atoms with Gasteiger partial charge in [0.2, 0.25) is 0 Å². The largest absolute Gasteiger partial charge is 0.486 e. The van der Waals surface area contributed by atoms with Crippen LogP contribution in [-0.2, 0) is 0 Å². The second-order valence-electron chi connectivity index (χ2n) is 4.27. The summed E-state index contributed by atoms with van der Waals surface area (Å²) in [6, 6.07) is 5.31. The Bertz CT molecular complexity index is 434. The van der Waals surface area contributed by atoms with Gasteiger partial charge in [-0.15, -0.1) is 0 Å². The molecule has 1 aliphatic rings. The highest BCUT2D eigenvalue weighted by atomic mass is 16.6. The maximum Gasteiger partial charge on any atom is 0.319 e. The molecule has 0 bridgehead atoms. The minimum absolute atomic E-state index is 0.155. The van der Waals surface area contributed by atoms with Gasteiger partial charge in [0.1, 0.15) is 13.2 Å². The van der Waals surface area contributed by atoms with Gasteiger partial charge in [0.05, 0.1) is 0 Å². The fraction of sp³-hybridized carbons (Fsp3) is 0.462. The third-order valence-corrected chi connectivity index (χ3v) is 2.79. The first-order valence-corrected chi connectivity index (χ1v) is 6.16. The van der Waals surface area contributed by atoms with Crippen LogP contribution in [0.1, 0.15) is 20.3 Å². The summed E-state index contributed by atoms with van der Waals surface area (Å²) in [4.78, 5) is 11.7. The first-order chi connectivity index (χ1) is 8.69. The molecule has 1 aliphatic heterocycles. The number of amides is 2. The first kappa shape index (κ1) is 12.5. The Labute approximate surface area is 106 Å². The van der Waals surface area contributed by atoms with E-state index in [1.165, 1.54) is 0 Å². The van der Waals surface area contributed by atoms with Gasteiger partial charge in [-0.25, -0.2) is 4.79 Å². The maximum atomic E-state index is 11.7. The molecule has 0 saturated heterocycles. The summed E-state index contributed by atoms with van der Waals surface area (Å²) in [5.74, 6) is 1.39. The summed E-state index contributed by atoms with van der Waals surface area (Å²) in [5.41, 5.74) is 0.694. The van der Waals surface area contributed by atoms with E-state index in [0.717, 1.165) is 6.42 Å². The minimum Gasteiger partial charge on any atom is -0.486 e. The highest BCUT2D eigenvalue weighted by Crippen LogP contribution is 2.32. The van der Waals surface area contributed by atoms with Gasteiger partial charge in [-0.2, -0.15) is 0 Å². The first-order valence-electron chi connectivity index (χ1n) is 6.16. The van der Waals surface area contributed by atoms with Crippen molar-refractivity contribution in [2.45, 2.75) is 26.3 Å². The number of rotatable bonds is 3. The average molecular weight is 250 g/mol. The fourth-order valence-electron chi connectivity index (χ4n) is 1.61. The van der Waals surface area contributed by atoms with E-state index in [-0.39, 0.29) is 12.1 Å². The Morgan fingerprint density at radius 3 is 2.78 bits per heavy atom. The molecular weight excluding hydrogens is 232 g/mol. The van der Waals surface area contributed by atoms with Crippen LogP contribution in [0.2, 0.25) is 0 Å². The zero-order valence-electron chi connectivity index (χ0n) is 10.7. The number of ether oxygens (including phenoxy) is 2. The molecule has 98 valence electrons. The lowest BCUT2D eigenvalue weighted by molar-refractivity contribution is 0.171. The lowest BCUT2D eigenvalue weighted by atomic mass is 10.2. The Balaban J connectivity index is 1.99. The van der Waals surface area contributed by atoms with Gasteiger partial charge in [-0.05, 0) is 25.5 Å². The molecule has 0 spiro atoms. The Hall–Kier alpha value is -1.91. The van der Waals surface area contributed by atoms with Crippen LogP contribution >= 0.6 is 0 Å². The van der Waals surface area contributed by atoms with E-state index in [0.29, 0.717) is 30.4 Å². The number of fused-ring (bicyclic) bond motifs is 1. The Morgan fingerprint density at radius 1 is 1.33 bits per heavy atom. The zero-order valence-corrected chi connectivity index (χ0v) is 10.7. The van der Waals surface area contributed by atoms with Crippen LogP contribution in [0, 0.1) is 0 Å². The summed E-state index contributed by atoms with van der Waals surface area (Å²) < 4.78 is 10.9. The molecule has 2 rings (SSSR count). The number of anilines is 1. The number of carbonyl (C=O) groups is 1. The average Bonchev–Trinajstić information content (AvgIpc) is 2.38. The van der Waals surface area contributed by atoms with Crippen molar-refractivity contribution < 1.29 is 14.3 Å². The quantitative estimate of drug-likeness (QED) is 0.865. The van der Waals surface area contributed by atoms with Crippen LogP contribution in [0.15, 0.2) is 18.2 Å². The molecule has 1 heterocycles. The molecule has 2 amide bonds. The summed E-state index contributed by atoms with van der Waals surface area (Å²) in [6.45, 7) is 5.09. The predicted molar refractivity (Wildman–Crippen MR) is 69.3 cm³/mol. The summed E-state index contributed by atoms with van der Waals surface area (Å²) in [6.07, 6.45) is 0.897. The van der Waals surface area contributed by atoms with E-state index < -0.39 is 0 Å². The third-order valence-electron chi connectivity index (χ3n) is 2.79. The maximum absolute atomic E-state index is 11.7. The highest BCUT2D eigenvalue weighted by Gasteiger charge is 2.13. The molecule has 0 fully saturated rings. The van der Waals surface area contributed by atoms with Crippen molar-refractivity contribution in [1.82, 2.24) is 5.32 Å². The van der Waals surface area contributed by atoms with Crippen molar-refractivity contribution in [3.05, 3.63) is 18.2 Å². The molecule has 1 aromatic rings. The molecule has 5 heteroatoms. The van der Waals surface area contributed by atoms with Gasteiger partial charge in [0.15, 0.2) is 11.5 Å². The van der Waals surface area contributed by atoms with Crippen molar-refractivity contribution in [2.24, 2.45) is 0 Å². The molecule has 0 saturated carbocycles. The van der Waals surface area contributed by atoms with Crippen LogP contribution < -0.4 is 20.1 Å². The summed E-state index contributed by atoms with van der Waals surface area (Å²) in [5, 5.41) is 5.61. The van der Waals surface area contributed by atoms with Crippen LogP contribution in [0.3, 0.4) is 0 Å². The van der Waals surface area contributed by atoms with Crippen LogP contribution in [0.25, 0.3) is 0 Å². The smallest absolute Gasteiger partial charge is 0.319 e. The summed E-state index contributed by atoms with van der Waals surface area (Å²) in [7, 11) is 0. The molecular formula is C13H18N2O3. The van der Waals surface area contributed by atoms with Gasteiger partial charge in [0, 0.05) is 17.8 Å². The van der Waals surface area contributed by atoms with Gasteiger partial charge >= 0.3 is 6.03 Å². The molecule has 0 aromatic heterocycles. The van der Waals surface area contributed by atoms with E-state index in [9.17, 15) is 4.79 Å². The molecule has 0 aliphatic carbocycles. The van der Waals surface area contributed by atoms with Gasteiger partial charge < -0.3 is 20.1 Å². The van der Waals surface area contributed by atoms with Crippen molar-refractivity contribution in [3.63, 3.8) is 0 Å². The van der Waals surface area contributed by atoms with E-state index >= 15 is 0 Å². The van der Waals surface area contributed by atoms with Crippen LogP contribution in [0.4, 0.5) is 10.5 Å². The minimum atomic E-state index is -0.207. The van der Waals surface area contributed by atoms with Crippen molar-refractivity contribution in [3.8, 4) is 11.5 Å². The predicted octanol–water partition coefficient (Wildman–Crippen LogP) is 2.38. The second-order valence-corrected chi connectivity index (χ2v) is 4.27. The standard InChI is InChI=1S/C13H18N2O3/c1-3-9(2)14-13(16)15-10-4-5-11-12(8-10)18-7-6-17-11/h4-5,8-9H,3,6-7H2,1-2H3,(H2,14,15,16). The Kier molecular flexibility index (Phi) is 3.92. The van der Waals surface area contributed by atoms with E-state index in [1.807, 2.05) is 13.8 Å². The van der Waals surface area contributed by atoms with E-state index in [1.54, 1.807) is 18.2 Å². The highest BCUT2D eigenvalue weighted by molar-refractivity contribution is 5.89. The molecule has 5 nitrogen and oxygen atoms in total. The van der Waals surface area contributed by atoms with Gasteiger partial charge in [0.25, 0.3) is 0 Å². The third kappa shape index (κ3) is 3.06. The molecule has 1 aromatic carbocycles. The van der Waals surface area contributed by atoms with Crippen LogP contribution in [-0.4, -0.2) is 25.3 Å². The molecule has 1 unspecified atom stereocenters. The molecule has 2 N–H and O–H groups in total.